The van der Waals surface area contributed by atoms with Crippen LogP contribution in [-0.2, 0) is 6.54 Å². The minimum Gasteiger partial charge on any atom is -0.354 e. The van der Waals surface area contributed by atoms with Gasteiger partial charge in [-0.05, 0) is 33.5 Å². The Hall–Kier alpha value is -1.20. The molecule has 0 aromatic carbocycles. The number of piperidine rings is 1. The third kappa shape index (κ3) is 3.88. The van der Waals surface area contributed by atoms with Crippen molar-refractivity contribution in [1.82, 2.24) is 20.2 Å². The van der Waals surface area contributed by atoms with Crippen LogP contribution >= 0.6 is 0 Å². The van der Waals surface area contributed by atoms with E-state index < -0.39 is 0 Å². The number of nitrogens with one attached hydrogen (secondary N) is 1. The van der Waals surface area contributed by atoms with Crippen LogP contribution in [0.5, 0.6) is 0 Å². The molecule has 0 amide bonds. The zero-order chi connectivity index (χ0) is 13.7. The van der Waals surface area contributed by atoms with Crippen molar-refractivity contribution in [2.45, 2.75) is 32.4 Å². The van der Waals surface area contributed by atoms with E-state index in [4.69, 9.17) is 0 Å². The second-order valence-corrected chi connectivity index (χ2v) is 5.35. The Balaban J connectivity index is 1.97. The van der Waals surface area contributed by atoms with Gasteiger partial charge in [-0.3, -0.25) is 4.98 Å². The van der Waals surface area contributed by atoms with Crippen LogP contribution in [0.15, 0.2) is 12.4 Å². The van der Waals surface area contributed by atoms with E-state index in [1.165, 1.54) is 12.8 Å². The highest BCUT2D eigenvalue weighted by atomic mass is 15.2. The van der Waals surface area contributed by atoms with Gasteiger partial charge in [0.15, 0.2) is 0 Å². The van der Waals surface area contributed by atoms with Crippen LogP contribution < -0.4 is 10.2 Å². The summed E-state index contributed by atoms with van der Waals surface area (Å²) in [7, 11) is 4.30. The van der Waals surface area contributed by atoms with E-state index in [0.29, 0.717) is 6.04 Å². The predicted octanol–water partition coefficient (Wildman–Crippen LogP) is 1.12. The van der Waals surface area contributed by atoms with E-state index in [-0.39, 0.29) is 0 Å². The van der Waals surface area contributed by atoms with Gasteiger partial charge in [0.05, 0.1) is 18.1 Å². The lowest BCUT2D eigenvalue weighted by Crippen LogP contribution is -2.45. The molecule has 1 aliphatic rings. The molecule has 19 heavy (non-hydrogen) atoms. The molecule has 0 bridgehead atoms. The fourth-order valence-electron chi connectivity index (χ4n) is 2.44. The Kier molecular flexibility index (Phi) is 5.10. The Morgan fingerprint density at radius 2 is 2.21 bits per heavy atom. The maximum Gasteiger partial charge on any atom is 0.147 e. The average Bonchev–Trinajstić information content (AvgIpc) is 2.46. The lowest BCUT2D eigenvalue weighted by atomic mass is 10.1. The molecule has 2 heterocycles. The highest BCUT2D eigenvalue weighted by Gasteiger charge is 2.22. The predicted molar refractivity (Wildman–Crippen MR) is 78.3 cm³/mol. The number of rotatable bonds is 5. The average molecular weight is 263 g/mol. The Morgan fingerprint density at radius 3 is 2.84 bits per heavy atom. The van der Waals surface area contributed by atoms with Crippen LogP contribution in [0.25, 0.3) is 0 Å². The highest BCUT2D eigenvalue weighted by molar-refractivity contribution is 5.36. The Bertz CT molecular complexity index is 376. The van der Waals surface area contributed by atoms with Gasteiger partial charge in [0.25, 0.3) is 0 Å². The fourth-order valence-corrected chi connectivity index (χ4v) is 2.44. The van der Waals surface area contributed by atoms with Gasteiger partial charge in [0.2, 0.25) is 0 Å². The van der Waals surface area contributed by atoms with Gasteiger partial charge in [-0.25, -0.2) is 4.98 Å². The van der Waals surface area contributed by atoms with E-state index in [2.05, 4.69) is 46.1 Å². The van der Waals surface area contributed by atoms with Gasteiger partial charge in [0, 0.05) is 25.7 Å². The summed E-state index contributed by atoms with van der Waals surface area (Å²) in [5.74, 6) is 1.01. The van der Waals surface area contributed by atoms with Crippen LogP contribution in [0.3, 0.4) is 0 Å². The topological polar surface area (TPSA) is 44.3 Å². The summed E-state index contributed by atoms with van der Waals surface area (Å²) in [6.07, 6.45) is 6.29. The normalized spacial score (nSPS) is 20.0. The van der Waals surface area contributed by atoms with E-state index in [1.54, 1.807) is 0 Å². The maximum atomic E-state index is 4.55. The zero-order valence-corrected chi connectivity index (χ0v) is 12.3. The summed E-state index contributed by atoms with van der Waals surface area (Å²) in [5, 5.41) is 3.26. The second kappa shape index (κ2) is 6.82. The van der Waals surface area contributed by atoms with Crippen molar-refractivity contribution in [2.24, 2.45) is 0 Å². The van der Waals surface area contributed by atoms with Gasteiger partial charge in [-0.15, -0.1) is 0 Å². The van der Waals surface area contributed by atoms with E-state index in [0.717, 1.165) is 37.7 Å². The maximum absolute atomic E-state index is 4.55. The summed E-state index contributed by atoms with van der Waals surface area (Å²) in [6, 6.07) is 0.622. The smallest absolute Gasteiger partial charge is 0.147 e. The highest BCUT2D eigenvalue weighted by Crippen LogP contribution is 2.19. The van der Waals surface area contributed by atoms with Crippen molar-refractivity contribution in [2.75, 3.05) is 38.6 Å². The minimum atomic E-state index is 0.622. The molecular formula is C14H25N5. The third-order valence-corrected chi connectivity index (χ3v) is 3.70. The summed E-state index contributed by atoms with van der Waals surface area (Å²) in [5.41, 5.74) is 1.01. The Morgan fingerprint density at radius 1 is 1.37 bits per heavy atom. The molecule has 1 aromatic rings. The quantitative estimate of drug-likeness (QED) is 0.862. The van der Waals surface area contributed by atoms with Crippen molar-refractivity contribution in [1.29, 1.82) is 0 Å². The SMILES string of the molecule is CCNCc1cnc(N2CCCC(N(C)C)C2)cn1. The molecule has 2 rings (SSSR count). The third-order valence-electron chi connectivity index (χ3n) is 3.70. The van der Waals surface area contributed by atoms with Crippen LogP contribution in [0, 0.1) is 0 Å². The molecule has 1 atom stereocenters. The molecule has 5 heteroatoms. The lowest BCUT2D eigenvalue weighted by molar-refractivity contribution is 0.257. The summed E-state index contributed by atoms with van der Waals surface area (Å²) < 4.78 is 0. The molecule has 1 aliphatic heterocycles. The fraction of sp³-hybridized carbons (Fsp3) is 0.714. The lowest BCUT2D eigenvalue weighted by Gasteiger charge is -2.36. The molecule has 1 aromatic heterocycles. The number of hydrogen-bond acceptors (Lipinski definition) is 5. The first-order valence-electron chi connectivity index (χ1n) is 7.13. The van der Waals surface area contributed by atoms with Crippen LogP contribution in [0.2, 0.25) is 0 Å². The van der Waals surface area contributed by atoms with Crippen molar-refractivity contribution in [3.8, 4) is 0 Å². The molecule has 1 saturated heterocycles. The molecule has 1 unspecified atom stereocenters. The molecule has 0 radical (unpaired) electrons. The Labute approximate surface area is 116 Å². The van der Waals surface area contributed by atoms with Crippen LogP contribution in [-0.4, -0.2) is 54.6 Å². The van der Waals surface area contributed by atoms with E-state index >= 15 is 0 Å². The molecule has 1 N–H and O–H groups in total. The monoisotopic (exact) mass is 263 g/mol. The largest absolute Gasteiger partial charge is 0.354 e. The second-order valence-electron chi connectivity index (χ2n) is 5.35. The molecule has 0 saturated carbocycles. The van der Waals surface area contributed by atoms with Gasteiger partial charge in [0.1, 0.15) is 5.82 Å². The molecule has 0 aliphatic carbocycles. The molecule has 5 nitrogen and oxygen atoms in total. The number of likely N-dealkylation sites (N-methyl/N-ethyl adjacent to an activating group) is 1. The molecule has 0 spiro atoms. The number of anilines is 1. The summed E-state index contributed by atoms with van der Waals surface area (Å²) in [6.45, 7) is 5.99. The van der Waals surface area contributed by atoms with Crippen LogP contribution in [0.1, 0.15) is 25.5 Å². The zero-order valence-electron chi connectivity index (χ0n) is 12.3. The molecular weight excluding hydrogens is 238 g/mol. The van der Waals surface area contributed by atoms with E-state index in [9.17, 15) is 0 Å². The van der Waals surface area contributed by atoms with Gasteiger partial charge in [-0.1, -0.05) is 6.92 Å². The number of nitrogens with zero attached hydrogens (tertiary/aromatic N) is 4. The van der Waals surface area contributed by atoms with Crippen molar-refractivity contribution >= 4 is 5.82 Å². The van der Waals surface area contributed by atoms with Gasteiger partial charge >= 0.3 is 0 Å². The molecule has 1 fully saturated rings. The first-order chi connectivity index (χ1) is 9.20. The molecule has 106 valence electrons. The standard InChI is InChI=1S/C14H25N5/c1-4-15-8-12-9-17-14(10-16-12)19-7-5-6-13(11-19)18(2)3/h9-10,13,15H,4-8,11H2,1-3H3. The van der Waals surface area contributed by atoms with Crippen molar-refractivity contribution in [3.05, 3.63) is 18.1 Å². The van der Waals surface area contributed by atoms with E-state index in [1.807, 2.05) is 12.4 Å². The first-order valence-corrected chi connectivity index (χ1v) is 7.13. The van der Waals surface area contributed by atoms with Crippen molar-refractivity contribution in [3.63, 3.8) is 0 Å². The summed E-state index contributed by atoms with van der Waals surface area (Å²) in [4.78, 5) is 13.7. The first kappa shape index (κ1) is 14.2. The number of aromatic nitrogens is 2. The van der Waals surface area contributed by atoms with Gasteiger partial charge < -0.3 is 15.1 Å². The van der Waals surface area contributed by atoms with Crippen molar-refractivity contribution < 1.29 is 0 Å². The summed E-state index contributed by atoms with van der Waals surface area (Å²) >= 11 is 0. The number of hydrogen-bond donors (Lipinski definition) is 1. The van der Waals surface area contributed by atoms with Crippen LogP contribution in [0.4, 0.5) is 5.82 Å². The minimum absolute atomic E-state index is 0.622. The van der Waals surface area contributed by atoms with Gasteiger partial charge in [-0.2, -0.15) is 0 Å².